The molecular weight excluding hydrogens is 446 g/mol. The van der Waals surface area contributed by atoms with Crippen molar-refractivity contribution in [3.8, 4) is 5.75 Å². The van der Waals surface area contributed by atoms with E-state index in [1.54, 1.807) is 31.4 Å². The number of nitrogens with one attached hydrogen (secondary N) is 2. The van der Waals surface area contributed by atoms with E-state index in [1.165, 1.54) is 26.2 Å². The summed E-state index contributed by atoms with van der Waals surface area (Å²) in [5.41, 5.74) is 0.789. The Morgan fingerprint density at radius 2 is 1.71 bits per heavy atom. The molecule has 3 amide bonds. The van der Waals surface area contributed by atoms with Crippen LogP contribution in [0.4, 0.5) is 0 Å². The van der Waals surface area contributed by atoms with Crippen molar-refractivity contribution < 1.29 is 38.1 Å². The first-order valence-electron chi connectivity index (χ1n) is 10.9. The number of ether oxygens (including phenoxy) is 4. The maximum Gasteiger partial charge on any atom is 0.328 e. The second kappa shape index (κ2) is 13.5. The van der Waals surface area contributed by atoms with Gasteiger partial charge >= 0.3 is 5.97 Å². The largest absolute Gasteiger partial charge is 0.497 e. The zero-order valence-corrected chi connectivity index (χ0v) is 20.0. The third kappa shape index (κ3) is 7.70. The van der Waals surface area contributed by atoms with Gasteiger partial charge in [0.2, 0.25) is 17.7 Å². The third-order valence-corrected chi connectivity index (χ3v) is 5.53. The summed E-state index contributed by atoms with van der Waals surface area (Å²) in [7, 11) is 5.61. The van der Waals surface area contributed by atoms with Crippen LogP contribution in [0.3, 0.4) is 0 Å². The number of carbonyl (C=O) groups is 4. The average Bonchev–Trinajstić information content (AvgIpc) is 2.83. The topological polar surface area (TPSA) is 132 Å². The molecule has 11 nitrogen and oxygen atoms in total. The highest BCUT2D eigenvalue weighted by Crippen LogP contribution is 2.20. The van der Waals surface area contributed by atoms with Crippen molar-refractivity contribution in [3.05, 3.63) is 29.8 Å². The molecule has 1 heterocycles. The van der Waals surface area contributed by atoms with Gasteiger partial charge in [0.1, 0.15) is 31.0 Å². The first-order chi connectivity index (χ1) is 16.3. The number of benzene rings is 1. The normalized spacial score (nSPS) is 18.5. The lowest BCUT2D eigenvalue weighted by atomic mass is 9.95. The summed E-state index contributed by atoms with van der Waals surface area (Å²) < 4.78 is 19.8. The Morgan fingerprint density at radius 1 is 1.03 bits per heavy atom. The zero-order chi connectivity index (χ0) is 25.1. The molecule has 0 saturated carbocycles. The fraction of sp³-hybridized carbons (Fsp3) is 0.565. The van der Waals surface area contributed by atoms with E-state index in [9.17, 15) is 19.2 Å². The van der Waals surface area contributed by atoms with Gasteiger partial charge < -0.3 is 34.5 Å². The van der Waals surface area contributed by atoms with Crippen molar-refractivity contribution in [1.82, 2.24) is 15.5 Å². The molecule has 1 aliphatic rings. The van der Waals surface area contributed by atoms with E-state index in [0.29, 0.717) is 12.2 Å². The summed E-state index contributed by atoms with van der Waals surface area (Å²) >= 11 is 0. The van der Waals surface area contributed by atoms with Crippen LogP contribution in [0.5, 0.6) is 5.75 Å². The van der Waals surface area contributed by atoms with Crippen LogP contribution in [0.2, 0.25) is 0 Å². The van der Waals surface area contributed by atoms with E-state index in [-0.39, 0.29) is 50.5 Å². The zero-order valence-electron chi connectivity index (χ0n) is 20.0. The maximum atomic E-state index is 13.3. The van der Waals surface area contributed by atoms with E-state index in [1.807, 2.05) is 0 Å². The number of esters is 1. The number of hydrogen-bond donors (Lipinski definition) is 2. The van der Waals surface area contributed by atoms with Crippen molar-refractivity contribution in [1.29, 1.82) is 0 Å². The number of carbonyl (C=O) groups excluding carboxylic acids is 4. The van der Waals surface area contributed by atoms with Gasteiger partial charge in [-0.1, -0.05) is 12.1 Å². The molecule has 0 bridgehead atoms. The van der Waals surface area contributed by atoms with Gasteiger partial charge in [0.05, 0.1) is 14.2 Å². The molecule has 0 radical (unpaired) electrons. The monoisotopic (exact) mass is 479 g/mol. The number of likely N-dealkylation sites (tertiary alicyclic amines) is 1. The number of nitrogens with zero attached hydrogens (tertiary/aromatic N) is 1. The number of amides is 3. The van der Waals surface area contributed by atoms with Gasteiger partial charge in [0.25, 0.3) is 0 Å². The number of methoxy groups -OCH3 is 4. The van der Waals surface area contributed by atoms with Crippen LogP contribution in [0.1, 0.15) is 18.4 Å². The van der Waals surface area contributed by atoms with Crippen LogP contribution in [-0.4, -0.2) is 94.9 Å². The molecule has 188 valence electrons. The molecule has 0 aliphatic carbocycles. The second-order valence-corrected chi connectivity index (χ2v) is 7.89. The van der Waals surface area contributed by atoms with Gasteiger partial charge in [-0.3, -0.25) is 14.4 Å². The van der Waals surface area contributed by atoms with Gasteiger partial charge in [0, 0.05) is 33.2 Å². The molecule has 0 unspecified atom stereocenters. The Labute approximate surface area is 199 Å². The van der Waals surface area contributed by atoms with E-state index in [4.69, 9.17) is 18.9 Å². The SMILES string of the molecule is COCC(=O)N[C@H]1CCN(C(=O)COC)[C@H](C(=O)N[C@@H](Cc2ccc(OC)cc2)C(=O)OC)C1. The Hall–Kier alpha value is -3.18. The van der Waals surface area contributed by atoms with Crippen molar-refractivity contribution in [3.63, 3.8) is 0 Å². The highest BCUT2D eigenvalue weighted by Gasteiger charge is 2.38. The van der Waals surface area contributed by atoms with Crippen LogP contribution in [0.25, 0.3) is 0 Å². The second-order valence-electron chi connectivity index (χ2n) is 7.89. The van der Waals surface area contributed by atoms with Crippen LogP contribution in [0, 0.1) is 0 Å². The van der Waals surface area contributed by atoms with Gasteiger partial charge in [-0.05, 0) is 30.5 Å². The fourth-order valence-electron chi connectivity index (χ4n) is 3.85. The minimum absolute atomic E-state index is 0.105. The molecule has 0 spiro atoms. The summed E-state index contributed by atoms with van der Waals surface area (Å²) in [5.74, 6) is -1.12. The summed E-state index contributed by atoms with van der Waals surface area (Å²) in [6.07, 6.45) is 0.850. The Morgan fingerprint density at radius 3 is 2.29 bits per heavy atom. The number of hydrogen-bond acceptors (Lipinski definition) is 8. The van der Waals surface area contributed by atoms with Crippen molar-refractivity contribution >= 4 is 23.7 Å². The molecule has 1 aromatic carbocycles. The Bertz CT molecular complexity index is 845. The lowest BCUT2D eigenvalue weighted by Gasteiger charge is -2.39. The van der Waals surface area contributed by atoms with Crippen LogP contribution in [-0.2, 0) is 39.8 Å². The van der Waals surface area contributed by atoms with Gasteiger partial charge in [-0.2, -0.15) is 0 Å². The molecule has 1 aliphatic heterocycles. The summed E-state index contributed by atoms with van der Waals surface area (Å²) in [5, 5.41) is 5.54. The maximum absolute atomic E-state index is 13.3. The molecule has 1 aromatic rings. The number of rotatable bonds is 11. The van der Waals surface area contributed by atoms with Crippen molar-refractivity contribution in [2.24, 2.45) is 0 Å². The first-order valence-corrected chi connectivity index (χ1v) is 10.9. The minimum Gasteiger partial charge on any atom is -0.497 e. The average molecular weight is 480 g/mol. The quantitative estimate of drug-likeness (QED) is 0.412. The minimum atomic E-state index is -0.964. The molecule has 1 fully saturated rings. The lowest BCUT2D eigenvalue weighted by Crippen LogP contribution is -2.60. The van der Waals surface area contributed by atoms with Crippen LogP contribution in [0.15, 0.2) is 24.3 Å². The summed E-state index contributed by atoms with van der Waals surface area (Å²) in [6, 6.07) is 4.90. The number of piperidine rings is 1. The lowest BCUT2D eigenvalue weighted by molar-refractivity contribution is -0.149. The molecule has 3 atom stereocenters. The standard InChI is InChI=1S/C23H33N3O8/c1-31-13-20(27)24-16-9-10-26(21(28)14-32-2)19(12-16)22(29)25-18(23(30)34-4)11-15-5-7-17(33-3)8-6-15/h5-8,16,18-19H,9-14H2,1-4H3,(H,24,27)(H,25,29)/t16-,18-,19-/m0/s1. The molecular formula is C23H33N3O8. The highest BCUT2D eigenvalue weighted by molar-refractivity contribution is 5.91. The van der Waals surface area contributed by atoms with Gasteiger partial charge in [-0.25, -0.2) is 4.79 Å². The highest BCUT2D eigenvalue weighted by atomic mass is 16.5. The van der Waals surface area contributed by atoms with Gasteiger partial charge in [0.15, 0.2) is 0 Å². The molecule has 2 rings (SSSR count). The van der Waals surface area contributed by atoms with E-state index in [2.05, 4.69) is 10.6 Å². The molecule has 1 saturated heterocycles. The Balaban J connectivity index is 2.18. The van der Waals surface area contributed by atoms with E-state index in [0.717, 1.165) is 5.56 Å². The fourth-order valence-corrected chi connectivity index (χ4v) is 3.85. The summed E-state index contributed by atoms with van der Waals surface area (Å²) in [6.45, 7) is -0.0394. The van der Waals surface area contributed by atoms with E-state index < -0.39 is 24.0 Å². The molecule has 34 heavy (non-hydrogen) atoms. The predicted molar refractivity (Wildman–Crippen MR) is 121 cm³/mol. The molecule has 0 aromatic heterocycles. The van der Waals surface area contributed by atoms with Crippen LogP contribution >= 0.6 is 0 Å². The van der Waals surface area contributed by atoms with Crippen LogP contribution < -0.4 is 15.4 Å². The van der Waals surface area contributed by atoms with Gasteiger partial charge in [-0.15, -0.1) is 0 Å². The van der Waals surface area contributed by atoms with Crippen molar-refractivity contribution in [2.75, 3.05) is 48.2 Å². The predicted octanol–water partition coefficient (Wildman–Crippen LogP) is -0.336. The summed E-state index contributed by atoms with van der Waals surface area (Å²) in [4.78, 5) is 51.7. The molecule has 11 heteroatoms. The first kappa shape index (κ1) is 27.1. The third-order valence-electron chi connectivity index (χ3n) is 5.53. The smallest absolute Gasteiger partial charge is 0.328 e. The van der Waals surface area contributed by atoms with Crippen molar-refractivity contribution in [2.45, 2.75) is 37.4 Å². The van der Waals surface area contributed by atoms with E-state index >= 15 is 0 Å². The molecule has 2 N–H and O–H groups in total. The Kier molecular flexibility index (Phi) is 10.8.